The molecule has 0 radical (unpaired) electrons. The third-order valence-electron chi connectivity index (χ3n) is 3.75. The Labute approximate surface area is 103 Å². The highest BCUT2D eigenvalue weighted by Gasteiger charge is 2.47. The van der Waals surface area contributed by atoms with Gasteiger partial charge >= 0.3 is 5.97 Å². The van der Waals surface area contributed by atoms with Crippen molar-refractivity contribution in [1.82, 2.24) is 0 Å². The third-order valence-corrected chi connectivity index (χ3v) is 5.58. The first-order valence-electron chi connectivity index (χ1n) is 6.62. The second-order valence-corrected chi connectivity index (χ2v) is 6.63. The van der Waals surface area contributed by atoms with Gasteiger partial charge in [0.25, 0.3) is 0 Å². The molecular weight excluding hydrogens is 220 g/mol. The highest BCUT2D eigenvalue weighted by Crippen LogP contribution is 2.49. The normalized spacial score (nSPS) is 24.8. The number of thioether (sulfide) groups is 1. The molecule has 0 unspecified atom stereocenters. The second-order valence-electron chi connectivity index (χ2n) is 4.95. The Morgan fingerprint density at radius 2 is 1.94 bits per heavy atom. The van der Waals surface area contributed by atoms with Gasteiger partial charge in [-0.25, -0.2) is 0 Å². The fourth-order valence-electron chi connectivity index (χ4n) is 2.63. The summed E-state index contributed by atoms with van der Waals surface area (Å²) in [6.45, 7) is 2.42. The van der Waals surface area contributed by atoms with Crippen molar-refractivity contribution in [3.63, 3.8) is 0 Å². The lowest BCUT2D eigenvalue weighted by molar-refractivity contribution is -0.148. The van der Waals surface area contributed by atoms with Gasteiger partial charge in [0.2, 0.25) is 0 Å². The molecule has 0 atom stereocenters. The molecule has 2 aliphatic carbocycles. The molecule has 2 nitrogen and oxygen atoms in total. The molecule has 0 aromatic carbocycles. The van der Waals surface area contributed by atoms with E-state index in [2.05, 4.69) is 0 Å². The molecule has 16 heavy (non-hydrogen) atoms. The Morgan fingerprint density at radius 3 is 2.44 bits per heavy atom. The monoisotopic (exact) mass is 242 g/mol. The first-order chi connectivity index (χ1) is 7.77. The number of esters is 1. The SMILES string of the molecule is CCOC(=O)C1(SC2CCCCC2)CCC1. The van der Waals surface area contributed by atoms with E-state index in [1.54, 1.807) is 0 Å². The maximum atomic E-state index is 12.0. The van der Waals surface area contributed by atoms with E-state index in [1.165, 1.54) is 38.5 Å². The predicted octanol–water partition coefficient (Wildman–Crippen LogP) is 3.54. The summed E-state index contributed by atoms with van der Waals surface area (Å²) in [4.78, 5) is 12.0. The van der Waals surface area contributed by atoms with E-state index in [9.17, 15) is 4.79 Å². The summed E-state index contributed by atoms with van der Waals surface area (Å²) < 4.78 is 5.08. The maximum Gasteiger partial charge on any atom is 0.322 e. The van der Waals surface area contributed by atoms with E-state index in [4.69, 9.17) is 4.74 Å². The van der Waals surface area contributed by atoms with E-state index in [-0.39, 0.29) is 10.7 Å². The van der Waals surface area contributed by atoms with Crippen LogP contribution in [0, 0.1) is 0 Å². The molecule has 0 aromatic rings. The van der Waals surface area contributed by atoms with E-state index in [0.29, 0.717) is 11.9 Å². The molecule has 0 aliphatic heterocycles. The topological polar surface area (TPSA) is 26.3 Å². The fraction of sp³-hybridized carbons (Fsp3) is 0.923. The minimum atomic E-state index is -0.155. The molecule has 0 N–H and O–H groups in total. The molecule has 0 bridgehead atoms. The highest BCUT2D eigenvalue weighted by molar-refractivity contribution is 8.02. The van der Waals surface area contributed by atoms with Gasteiger partial charge in [0.15, 0.2) is 0 Å². The number of hydrogen-bond donors (Lipinski definition) is 0. The molecule has 0 saturated heterocycles. The summed E-state index contributed by atoms with van der Waals surface area (Å²) in [5, 5.41) is 0.707. The lowest BCUT2D eigenvalue weighted by Gasteiger charge is -2.41. The first kappa shape index (κ1) is 12.3. The summed E-state index contributed by atoms with van der Waals surface area (Å²) in [6, 6.07) is 0. The van der Waals surface area contributed by atoms with Crippen molar-refractivity contribution in [3.05, 3.63) is 0 Å². The molecule has 3 heteroatoms. The van der Waals surface area contributed by atoms with Crippen molar-refractivity contribution < 1.29 is 9.53 Å². The number of carbonyl (C=O) groups excluding carboxylic acids is 1. The van der Waals surface area contributed by atoms with Gasteiger partial charge in [-0.2, -0.15) is 0 Å². The number of carbonyl (C=O) groups is 1. The van der Waals surface area contributed by atoms with Gasteiger partial charge in [-0.05, 0) is 39.0 Å². The molecule has 0 heterocycles. The van der Waals surface area contributed by atoms with E-state index >= 15 is 0 Å². The molecule has 2 aliphatic rings. The van der Waals surface area contributed by atoms with Gasteiger partial charge in [0.05, 0.1) is 6.61 Å². The largest absolute Gasteiger partial charge is 0.465 e. The Balaban J connectivity index is 1.90. The number of rotatable bonds is 4. The van der Waals surface area contributed by atoms with Gasteiger partial charge < -0.3 is 4.74 Å². The van der Waals surface area contributed by atoms with Gasteiger partial charge in [-0.1, -0.05) is 19.3 Å². The predicted molar refractivity (Wildman–Crippen MR) is 67.7 cm³/mol. The molecule has 92 valence electrons. The maximum absolute atomic E-state index is 12.0. The van der Waals surface area contributed by atoms with Crippen LogP contribution < -0.4 is 0 Å². The van der Waals surface area contributed by atoms with Crippen molar-refractivity contribution in [2.75, 3.05) is 6.61 Å². The average molecular weight is 242 g/mol. The van der Waals surface area contributed by atoms with E-state index in [0.717, 1.165) is 12.8 Å². The first-order valence-corrected chi connectivity index (χ1v) is 7.50. The van der Waals surface area contributed by atoms with Crippen molar-refractivity contribution in [2.45, 2.75) is 68.3 Å². The standard InChI is InChI=1S/C13H22O2S/c1-2-15-12(14)13(9-6-10-13)16-11-7-4-3-5-8-11/h11H,2-10H2,1H3. The smallest absolute Gasteiger partial charge is 0.322 e. The van der Waals surface area contributed by atoms with Crippen LogP contribution in [0.2, 0.25) is 0 Å². The van der Waals surface area contributed by atoms with E-state index in [1.807, 2.05) is 18.7 Å². The quantitative estimate of drug-likeness (QED) is 0.705. The van der Waals surface area contributed by atoms with Gasteiger partial charge in [0.1, 0.15) is 4.75 Å². The van der Waals surface area contributed by atoms with Crippen LogP contribution in [0.4, 0.5) is 0 Å². The molecule has 2 saturated carbocycles. The summed E-state index contributed by atoms with van der Waals surface area (Å²) in [7, 11) is 0. The lowest BCUT2D eigenvalue weighted by Crippen LogP contribution is -2.45. The van der Waals surface area contributed by atoms with Crippen molar-refractivity contribution in [2.24, 2.45) is 0 Å². The minimum Gasteiger partial charge on any atom is -0.465 e. The summed E-state index contributed by atoms with van der Waals surface area (Å²) >= 11 is 1.93. The Bertz CT molecular complexity index is 242. The Hall–Kier alpha value is -0.180. The second kappa shape index (κ2) is 5.44. The number of ether oxygens (including phenoxy) is 1. The molecule has 0 aromatic heterocycles. The summed E-state index contributed by atoms with van der Waals surface area (Å²) in [5.74, 6) is 0.0526. The summed E-state index contributed by atoms with van der Waals surface area (Å²) in [6.07, 6.45) is 9.92. The Kier molecular flexibility index (Phi) is 4.17. The fourth-order valence-corrected chi connectivity index (χ4v) is 4.52. The summed E-state index contributed by atoms with van der Waals surface area (Å²) in [5.41, 5.74) is 0. The third kappa shape index (κ3) is 2.55. The molecule has 0 amide bonds. The lowest BCUT2D eigenvalue weighted by atomic mass is 9.84. The van der Waals surface area contributed by atoms with Crippen LogP contribution in [0.25, 0.3) is 0 Å². The zero-order valence-electron chi connectivity index (χ0n) is 10.2. The molecular formula is C13H22O2S. The van der Waals surface area contributed by atoms with Crippen LogP contribution in [-0.2, 0) is 9.53 Å². The van der Waals surface area contributed by atoms with Crippen LogP contribution in [0.1, 0.15) is 58.3 Å². The van der Waals surface area contributed by atoms with Crippen LogP contribution in [0.3, 0.4) is 0 Å². The zero-order valence-corrected chi connectivity index (χ0v) is 11.0. The van der Waals surface area contributed by atoms with Gasteiger partial charge in [-0.3, -0.25) is 4.79 Å². The van der Waals surface area contributed by atoms with Crippen LogP contribution in [0.15, 0.2) is 0 Å². The molecule has 0 spiro atoms. The van der Waals surface area contributed by atoms with Gasteiger partial charge in [0, 0.05) is 5.25 Å². The molecule has 2 rings (SSSR count). The van der Waals surface area contributed by atoms with Crippen molar-refractivity contribution >= 4 is 17.7 Å². The van der Waals surface area contributed by atoms with Crippen LogP contribution in [0.5, 0.6) is 0 Å². The van der Waals surface area contributed by atoms with Crippen molar-refractivity contribution in [1.29, 1.82) is 0 Å². The highest BCUT2D eigenvalue weighted by atomic mass is 32.2. The van der Waals surface area contributed by atoms with Crippen molar-refractivity contribution in [3.8, 4) is 0 Å². The van der Waals surface area contributed by atoms with Crippen LogP contribution >= 0.6 is 11.8 Å². The van der Waals surface area contributed by atoms with Crippen LogP contribution in [-0.4, -0.2) is 22.6 Å². The minimum absolute atomic E-state index is 0.0526. The van der Waals surface area contributed by atoms with E-state index < -0.39 is 0 Å². The number of hydrogen-bond acceptors (Lipinski definition) is 3. The zero-order chi connectivity index (χ0) is 11.4. The average Bonchev–Trinajstić information content (AvgIpc) is 2.25. The van der Waals surface area contributed by atoms with Gasteiger partial charge in [-0.15, -0.1) is 11.8 Å². The Morgan fingerprint density at radius 1 is 1.25 bits per heavy atom. The molecule has 2 fully saturated rings.